The van der Waals surface area contributed by atoms with E-state index in [1.165, 1.54) is 0 Å². The number of hydroxylamine groups is 1. The molecule has 0 aromatic carbocycles. The Morgan fingerprint density at radius 2 is 2.08 bits per heavy atom. The zero-order chi connectivity index (χ0) is 9.10. The molecule has 0 aliphatic carbocycles. The van der Waals surface area contributed by atoms with Gasteiger partial charge in [0.2, 0.25) is 5.95 Å². The summed E-state index contributed by atoms with van der Waals surface area (Å²) in [6.07, 6.45) is 5.39. The Kier molecular flexibility index (Phi) is 2.27. The highest BCUT2D eigenvalue weighted by Crippen LogP contribution is 2.13. The van der Waals surface area contributed by atoms with Gasteiger partial charge in [0.1, 0.15) is 0 Å². The summed E-state index contributed by atoms with van der Waals surface area (Å²) >= 11 is 0. The Balaban J connectivity index is 2.10. The van der Waals surface area contributed by atoms with Crippen molar-refractivity contribution in [1.29, 1.82) is 0 Å². The maximum atomic E-state index is 5.47. The summed E-state index contributed by atoms with van der Waals surface area (Å²) in [6, 6.07) is 0. The van der Waals surface area contributed by atoms with Crippen LogP contribution in [0.4, 0.5) is 11.6 Å². The minimum atomic E-state index is 0.570. The monoisotopic (exact) mass is 180 g/mol. The minimum Gasteiger partial charge on any atom is -0.396 e. The maximum absolute atomic E-state index is 5.47. The topological polar surface area (TPSA) is 64.3 Å². The van der Waals surface area contributed by atoms with E-state index in [2.05, 4.69) is 9.97 Å². The third-order valence-electron chi connectivity index (χ3n) is 1.88. The third-order valence-corrected chi connectivity index (χ3v) is 1.88. The van der Waals surface area contributed by atoms with E-state index < -0.39 is 0 Å². The predicted molar refractivity (Wildman–Crippen MR) is 49.0 cm³/mol. The molecule has 70 valence electrons. The lowest BCUT2D eigenvalue weighted by molar-refractivity contribution is 0.0743. The second-order valence-corrected chi connectivity index (χ2v) is 2.96. The fourth-order valence-electron chi connectivity index (χ4n) is 1.21. The van der Waals surface area contributed by atoms with Crippen LogP contribution >= 0.6 is 0 Å². The van der Waals surface area contributed by atoms with Crippen molar-refractivity contribution >= 4 is 11.6 Å². The number of rotatable bonds is 1. The summed E-state index contributed by atoms with van der Waals surface area (Å²) in [4.78, 5) is 13.5. The number of hydrogen-bond acceptors (Lipinski definition) is 5. The van der Waals surface area contributed by atoms with Gasteiger partial charge in [-0.25, -0.2) is 15.0 Å². The van der Waals surface area contributed by atoms with Crippen LogP contribution in [-0.4, -0.2) is 23.1 Å². The van der Waals surface area contributed by atoms with E-state index >= 15 is 0 Å². The first-order chi connectivity index (χ1) is 6.36. The number of aromatic nitrogens is 2. The Labute approximate surface area is 76.5 Å². The molecule has 2 N–H and O–H groups in total. The van der Waals surface area contributed by atoms with E-state index in [1.807, 2.05) is 0 Å². The fourth-order valence-corrected chi connectivity index (χ4v) is 1.21. The molecule has 0 unspecified atom stereocenters. The molecule has 13 heavy (non-hydrogen) atoms. The molecule has 2 heterocycles. The quantitative estimate of drug-likeness (QED) is 0.685. The number of nitrogens with two attached hydrogens (primary N) is 1. The van der Waals surface area contributed by atoms with E-state index in [0.717, 1.165) is 26.0 Å². The van der Waals surface area contributed by atoms with E-state index in [-0.39, 0.29) is 0 Å². The van der Waals surface area contributed by atoms with Gasteiger partial charge in [-0.1, -0.05) is 0 Å². The lowest BCUT2D eigenvalue weighted by atomic mass is 10.3. The normalized spacial score (nSPS) is 17.4. The number of anilines is 2. The average molecular weight is 180 g/mol. The number of nitrogen functional groups attached to an aromatic ring is 1. The highest BCUT2D eigenvalue weighted by molar-refractivity contribution is 5.36. The standard InChI is InChI=1S/C8H12N4O/c9-7-5-10-8(11-6-7)12-3-1-2-4-13-12/h5-6H,1-4,9H2. The van der Waals surface area contributed by atoms with Crippen LogP contribution in [0, 0.1) is 0 Å². The van der Waals surface area contributed by atoms with Crippen LogP contribution in [-0.2, 0) is 4.84 Å². The summed E-state index contributed by atoms with van der Waals surface area (Å²) in [5.41, 5.74) is 6.04. The first-order valence-corrected chi connectivity index (χ1v) is 4.34. The predicted octanol–water partition coefficient (Wildman–Crippen LogP) is 0.591. The van der Waals surface area contributed by atoms with Gasteiger partial charge in [0.05, 0.1) is 24.7 Å². The van der Waals surface area contributed by atoms with Gasteiger partial charge in [0, 0.05) is 6.54 Å². The van der Waals surface area contributed by atoms with Gasteiger partial charge in [-0.3, -0.25) is 4.84 Å². The van der Waals surface area contributed by atoms with Crippen LogP contribution < -0.4 is 10.8 Å². The Morgan fingerprint density at radius 3 is 2.69 bits per heavy atom. The largest absolute Gasteiger partial charge is 0.396 e. The second kappa shape index (κ2) is 3.57. The van der Waals surface area contributed by atoms with Crippen LogP contribution in [0.25, 0.3) is 0 Å². The molecule has 0 atom stereocenters. The van der Waals surface area contributed by atoms with Crippen LogP contribution in [0.2, 0.25) is 0 Å². The summed E-state index contributed by atoms with van der Waals surface area (Å²) in [7, 11) is 0. The lowest BCUT2D eigenvalue weighted by Gasteiger charge is -2.25. The summed E-state index contributed by atoms with van der Waals surface area (Å²) in [5, 5.41) is 1.71. The van der Waals surface area contributed by atoms with Gasteiger partial charge in [0.15, 0.2) is 0 Å². The van der Waals surface area contributed by atoms with Crippen molar-refractivity contribution in [1.82, 2.24) is 9.97 Å². The molecule has 1 fully saturated rings. The second-order valence-electron chi connectivity index (χ2n) is 2.96. The van der Waals surface area contributed by atoms with Crippen molar-refractivity contribution in [2.24, 2.45) is 0 Å². The van der Waals surface area contributed by atoms with E-state index in [4.69, 9.17) is 10.6 Å². The molecule has 0 amide bonds. The van der Waals surface area contributed by atoms with Crippen LogP contribution in [0.3, 0.4) is 0 Å². The van der Waals surface area contributed by atoms with Gasteiger partial charge >= 0.3 is 0 Å². The van der Waals surface area contributed by atoms with E-state index in [1.54, 1.807) is 17.5 Å². The Bertz CT molecular complexity index is 268. The lowest BCUT2D eigenvalue weighted by Crippen LogP contribution is -2.31. The van der Waals surface area contributed by atoms with Gasteiger partial charge in [-0.2, -0.15) is 0 Å². The summed E-state index contributed by atoms with van der Waals surface area (Å²) < 4.78 is 0. The molecule has 2 rings (SSSR count). The van der Waals surface area contributed by atoms with Crippen molar-refractivity contribution in [2.75, 3.05) is 23.9 Å². The molecule has 1 saturated heterocycles. The van der Waals surface area contributed by atoms with Gasteiger partial charge in [0.25, 0.3) is 0 Å². The molecule has 0 bridgehead atoms. The Morgan fingerprint density at radius 1 is 1.31 bits per heavy atom. The van der Waals surface area contributed by atoms with Crippen LogP contribution in [0.15, 0.2) is 12.4 Å². The molecule has 5 heteroatoms. The van der Waals surface area contributed by atoms with Crippen LogP contribution in [0.1, 0.15) is 12.8 Å². The smallest absolute Gasteiger partial charge is 0.249 e. The van der Waals surface area contributed by atoms with Gasteiger partial charge in [-0.15, -0.1) is 0 Å². The molecule has 1 aromatic rings. The first-order valence-electron chi connectivity index (χ1n) is 4.34. The zero-order valence-electron chi connectivity index (χ0n) is 7.31. The zero-order valence-corrected chi connectivity index (χ0v) is 7.31. The van der Waals surface area contributed by atoms with Crippen molar-refractivity contribution in [2.45, 2.75) is 12.8 Å². The maximum Gasteiger partial charge on any atom is 0.249 e. The van der Waals surface area contributed by atoms with Crippen molar-refractivity contribution < 1.29 is 4.84 Å². The number of nitrogens with zero attached hydrogens (tertiary/aromatic N) is 3. The fraction of sp³-hybridized carbons (Fsp3) is 0.500. The highest BCUT2D eigenvalue weighted by Gasteiger charge is 2.13. The van der Waals surface area contributed by atoms with Gasteiger partial charge in [-0.05, 0) is 12.8 Å². The highest BCUT2D eigenvalue weighted by atomic mass is 16.7. The van der Waals surface area contributed by atoms with Crippen molar-refractivity contribution in [3.8, 4) is 0 Å². The third kappa shape index (κ3) is 1.86. The molecular weight excluding hydrogens is 168 g/mol. The van der Waals surface area contributed by atoms with E-state index in [0.29, 0.717) is 11.6 Å². The summed E-state index contributed by atoms with van der Waals surface area (Å²) in [6.45, 7) is 1.59. The van der Waals surface area contributed by atoms with Gasteiger partial charge < -0.3 is 5.73 Å². The molecule has 0 spiro atoms. The van der Waals surface area contributed by atoms with E-state index in [9.17, 15) is 0 Å². The summed E-state index contributed by atoms with van der Waals surface area (Å²) in [5.74, 6) is 0.592. The molecule has 1 aliphatic rings. The minimum absolute atomic E-state index is 0.570. The first kappa shape index (κ1) is 8.25. The van der Waals surface area contributed by atoms with Crippen molar-refractivity contribution in [3.05, 3.63) is 12.4 Å². The van der Waals surface area contributed by atoms with Crippen LogP contribution in [0.5, 0.6) is 0 Å². The van der Waals surface area contributed by atoms with Crippen molar-refractivity contribution in [3.63, 3.8) is 0 Å². The molecule has 0 saturated carbocycles. The molecule has 0 radical (unpaired) electrons. The molecule has 1 aromatic heterocycles. The molecule has 1 aliphatic heterocycles. The molecular formula is C8H12N4O. The average Bonchev–Trinajstić information content (AvgIpc) is 2.20. The molecule has 5 nitrogen and oxygen atoms in total. The Hall–Kier alpha value is -1.36. The number of hydrogen-bond donors (Lipinski definition) is 1. The SMILES string of the molecule is Nc1cnc(N2CCCCO2)nc1.